The van der Waals surface area contributed by atoms with Crippen LogP contribution in [0.3, 0.4) is 0 Å². The summed E-state index contributed by atoms with van der Waals surface area (Å²) >= 11 is 0. The van der Waals surface area contributed by atoms with Gasteiger partial charge in [0.2, 0.25) is 0 Å². The number of pyridine rings is 1. The third kappa shape index (κ3) is 5.32. The Balaban J connectivity index is 1.61. The number of phenols is 1. The number of fused-ring (bicyclic) bond motifs is 1. The summed E-state index contributed by atoms with van der Waals surface area (Å²) in [4.78, 5) is 17.9. The lowest BCUT2D eigenvalue weighted by Crippen LogP contribution is -2.45. The van der Waals surface area contributed by atoms with E-state index < -0.39 is 5.97 Å². The van der Waals surface area contributed by atoms with Crippen molar-refractivity contribution in [3.05, 3.63) is 53.3 Å². The van der Waals surface area contributed by atoms with Gasteiger partial charge in [-0.15, -0.1) is 0 Å². The normalized spacial score (nSPS) is 23.6. The Morgan fingerprint density at radius 3 is 2.76 bits per heavy atom. The molecule has 1 saturated carbocycles. The molecule has 0 radical (unpaired) electrons. The molecule has 6 nitrogen and oxygen atoms in total. The van der Waals surface area contributed by atoms with E-state index in [0.29, 0.717) is 30.1 Å². The molecule has 2 heterocycles. The van der Waals surface area contributed by atoms with Crippen molar-refractivity contribution in [1.29, 1.82) is 0 Å². The van der Waals surface area contributed by atoms with E-state index in [0.717, 1.165) is 31.7 Å². The Kier molecular flexibility index (Phi) is 6.94. The first-order valence-electron chi connectivity index (χ1n) is 12.2. The topological polar surface area (TPSA) is 82.9 Å². The van der Waals surface area contributed by atoms with Crippen LogP contribution in [0, 0.1) is 11.8 Å². The van der Waals surface area contributed by atoms with Crippen molar-refractivity contribution in [3.63, 3.8) is 0 Å². The summed E-state index contributed by atoms with van der Waals surface area (Å²) < 4.78 is 6.01. The summed E-state index contributed by atoms with van der Waals surface area (Å²) in [6, 6.07) is 7.86. The van der Waals surface area contributed by atoms with Crippen molar-refractivity contribution in [2.75, 3.05) is 19.7 Å². The van der Waals surface area contributed by atoms with Gasteiger partial charge in [0.05, 0.1) is 18.4 Å². The zero-order valence-electron chi connectivity index (χ0n) is 20.0. The third-order valence-corrected chi connectivity index (χ3v) is 7.69. The SMILES string of the molecule is CC(C)C1(CCOc2cncc(C(=O)O)c2)CCN(CC2CC2)[C@@H](C)Cc2ccc(O)cc21. The van der Waals surface area contributed by atoms with Crippen molar-refractivity contribution >= 4 is 5.97 Å². The fraction of sp³-hybridized carbons (Fsp3) is 0.556. The van der Waals surface area contributed by atoms with E-state index in [-0.39, 0.29) is 11.0 Å². The van der Waals surface area contributed by atoms with Gasteiger partial charge < -0.3 is 19.8 Å². The number of nitrogens with zero attached hydrogens (tertiary/aromatic N) is 2. The molecule has 1 unspecified atom stereocenters. The third-order valence-electron chi connectivity index (χ3n) is 7.69. The molecule has 33 heavy (non-hydrogen) atoms. The van der Waals surface area contributed by atoms with E-state index >= 15 is 0 Å². The molecule has 0 bridgehead atoms. The van der Waals surface area contributed by atoms with Gasteiger partial charge >= 0.3 is 5.97 Å². The van der Waals surface area contributed by atoms with E-state index in [1.54, 1.807) is 6.20 Å². The Morgan fingerprint density at radius 2 is 2.06 bits per heavy atom. The first kappa shape index (κ1) is 23.6. The molecule has 2 atom stereocenters. The number of phenolic OH excluding ortho intramolecular Hbond substituents is 1. The van der Waals surface area contributed by atoms with E-state index in [1.807, 2.05) is 12.1 Å². The zero-order chi connectivity index (χ0) is 23.6. The summed E-state index contributed by atoms with van der Waals surface area (Å²) in [7, 11) is 0. The number of benzene rings is 1. The quantitative estimate of drug-likeness (QED) is 0.593. The lowest BCUT2D eigenvalue weighted by molar-refractivity contribution is 0.0695. The average Bonchev–Trinajstić information content (AvgIpc) is 3.60. The number of ether oxygens (including phenoxy) is 1. The summed E-state index contributed by atoms with van der Waals surface area (Å²) in [5, 5.41) is 19.6. The number of hydrogen-bond donors (Lipinski definition) is 2. The van der Waals surface area contributed by atoms with Crippen LogP contribution in [0.5, 0.6) is 11.5 Å². The molecule has 1 aliphatic heterocycles. The highest BCUT2D eigenvalue weighted by Gasteiger charge is 2.40. The van der Waals surface area contributed by atoms with Gasteiger partial charge in [-0.2, -0.15) is 0 Å². The molecule has 2 aromatic rings. The monoisotopic (exact) mass is 452 g/mol. The molecule has 2 aliphatic rings. The van der Waals surface area contributed by atoms with Crippen LogP contribution < -0.4 is 4.74 Å². The van der Waals surface area contributed by atoms with Gasteiger partial charge in [-0.1, -0.05) is 19.9 Å². The largest absolute Gasteiger partial charge is 0.508 e. The molecule has 178 valence electrons. The highest BCUT2D eigenvalue weighted by molar-refractivity contribution is 5.87. The Hall–Kier alpha value is -2.60. The minimum atomic E-state index is -1.01. The highest BCUT2D eigenvalue weighted by atomic mass is 16.5. The molecule has 1 aromatic carbocycles. The van der Waals surface area contributed by atoms with E-state index in [9.17, 15) is 15.0 Å². The maximum Gasteiger partial charge on any atom is 0.337 e. The molecule has 6 heteroatoms. The van der Waals surface area contributed by atoms with Crippen LogP contribution in [-0.4, -0.2) is 51.8 Å². The second kappa shape index (κ2) is 9.72. The maximum absolute atomic E-state index is 11.3. The van der Waals surface area contributed by atoms with Crippen LogP contribution in [0.15, 0.2) is 36.7 Å². The van der Waals surface area contributed by atoms with Crippen molar-refractivity contribution < 1.29 is 19.7 Å². The van der Waals surface area contributed by atoms with Gasteiger partial charge in [-0.05, 0) is 86.7 Å². The zero-order valence-corrected chi connectivity index (χ0v) is 20.0. The summed E-state index contributed by atoms with van der Waals surface area (Å²) in [5.41, 5.74) is 2.52. The molecule has 2 N–H and O–H groups in total. The molecule has 0 spiro atoms. The second-order valence-corrected chi connectivity index (χ2v) is 10.2. The van der Waals surface area contributed by atoms with Gasteiger partial charge in [-0.25, -0.2) is 4.79 Å². The van der Waals surface area contributed by atoms with Crippen LogP contribution in [0.2, 0.25) is 0 Å². The predicted molar refractivity (Wildman–Crippen MR) is 128 cm³/mol. The van der Waals surface area contributed by atoms with Gasteiger partial charge in [0.25, 0.3) is 0 Å². The second-order valence-electron chi connectivity index (χ2n) is 10.2. The van der Waals surface area contributed by atoms with E-state index in [2.05, 4.69) is 36.7 Å². The van der Waals surface area contributed by atoms with E-state index in [1.165, 1.54) is 42.8 Å². The van der Waals surface area contributed by atoms with Crippen LogP contribution in [-0.2, 0) is 11.8 Å². The van der Waals surface area contributed by atoms with Gasteiger partial charge in [0.1, 0.15) is 11.5 Å². The number of carboxylic acid groups (broad SMARTS) is 1. The maximum atomic E-state index is 11.3. The van der Waals surface area contributed by atoms with E-state index in [4.69, 9.17) is 4.74 Å². The number of aromatic nitrogens is 1. The fourth-order valence-electron chi connectivity index (χ4n) is 5.37. The molecule has 1 fully saturated rings. The number of carboxylic acids is 1. The van der Waals surface area contributed by atoms with Crippen LogP contribution in [0.25, 0.3) is 0 Å². The van der Waals surface area contributed by atoms with Gasteiger partial charge in [-0.3, -0.25) is 4.98 Å². The lowest BCUT2D eigenvalue weighted by atomic mass is 9.64. The molecule has 0 amide bonds. The number of aromatic carboxylic acids is 1. The van der Waals surface area contributed by atoms with Crippen molar-refractivity contribution in [1.82, 2.24) is 9.88 Å². The standard InChI is InChI=1S/C27H36N2O4/c1-18(2)27(9-11-33-24-13-22(26(31)32)15-28-16-24)8-10-29(17-20-4-5-20)19(3)12-21-6-7-23(30)14-25(21)27/h6-7,13-16,18-20,30H,4-5,8-12,17H2,1-3H3,(H,31,32)/t19-,27?/m0/s1. The molecule has 0 saturated heterocycles. The average molecular weight is 453 g/mol. The molecular weight excluding hydrogens is 416 g/mol. The first-order valence-corrected chi connectivity index (χ1v) is 12.2. The number of aromatic hydroxyl groups is 1. The van der Waals surface area contributed by atoms with Crippen LogP contribution in [0.1, 0.15) is 67.9 Å². The minimum Gasteiger partial charge on any atom is -0.508 e. The Morgan fingerprint density at radius 1 is 1.27 bits per heavy atom. The molecule has 1 aromatic heterocycles. The van der Waals surface area contributed by atoms with Crippen molar-refractivity contribution in [2.24, 2.45) is 11.8 Å². The number of rotatable bonds is 8. The van der Waals surface area contributed by atoms with Crippen LogP contribution >= 0.6 is 0 Å². The van der Waals surface area contributed by atoms with Gasteiger partial charge in [0.15, 0.2) is 0 Å². The summed E-state index contributed by atoms with van der Waals surface area (Å²) in [6.45, 7) is 9.50. The summed E-state index contributed by atoms with van der Waals surface area (Å²) in [6.07, 6.45) is 8.33. The highest BCUT2D eigenvalue weighted by Crippen LogP contribution is 2.44. The summed E-state index contributed by atoms with van der Waals surface area (Å²) in [5.74, 6) is 0.958. The number of hydrogen-bond acceptors (Lipinski definition) is 5. The number of carbonyl (C=O) groups is 1. The van der Waals surface area contributed by atoms with Crippen molar-refractivity contribution in [3.8, 4) is 11.5 Å². The predicted octanol–water partition coefficient (Wildman–Crippen LogP) is 4.90. The lowest BCUT2D eigenvalue weighted by Gasteiger charge is -2.45. The van der Waals surface area contributed by atoms with Crippen molar-refractivity contribution in [2.45, 2.75) is 64.3 Å². The first-order chi connectivity index (χ1) is 15.8. The Bertz CT molecular complexity index is 988. The fourth-order valence-corrected chi connectivity index (χ4v) is 5.37. The smallest absolute Gasteiger partial charge is 0.337 e. The van der Waals surface area contributed by atoms with Gasteiger partial charge in [0, 0.05) is 24.2 Å². The molecule has 1 aliphatic carbocycles. The van der Waals surface area contributed by atoms with Crippen LogP contribution in [0.4, 0.5) is 0 Å². The molecule has 4 rings (SSSR count). The Labute approximate surface area is 196 Å². The molecular formula is C27H36N2O4. The minimum absolute atomic E-state index is 0.122.